The molecule has 0 spiro atoms. The summed E-state index contributed by atoms with van der Waals surface area (Å²) in [4.78, 5) is 20.0. The summed E-state index contributed by atoms with van der Waals surface area (Å²) in [7, 11) is 1.61. The maximum atomic E-state index is 14.0. The zero-order valence-electron chi connectivity index (χ0n) is 15.9. The smallest absolute Gasteiger partial charge is 0.264 e. The standard InChI is InChI=1S/C23H19FN2O2/c1-23(2)11-18-21-19(12-23)26(14-5-7-15(28-3)8-6-14)22(27)20(21)16-10-13(24)4-9-17(16)25-18/h4-10,12H,11H2,1-3H3. The van der Waals surface area contributed by atoms with Crippen molar-refractivity contribution in [2.45, 2.75) is 20.3 Å². The SMILES string of the molecule is COc1ccc(N2C(=O)c3c4c(nc5ccc(F)cc35)CC(C)(C)C=C42)cc1. The van der Waals surface area contributed by atoms with E-state index in [1.807, 2.05) is 24.3 Å². The Morgan fingerprint density at radius 2 is 1.86 bits per heavy atom. The number of nitrogens with zero attached hydrogens (tertiary/aromatic N) is 2. The Morgan fingerprint density at radius 1 is 1.11 bits per heavy atom. The fraction of sp³-hybridized carbons (Fsp3) is 0.217. The first-order chi connectivity index (χ1) is 13.4. The Balaban J connectivity index is 1.80. The molecule has 0 radical (unpaired) electrons. The Kier molecular flexibility index (Phi) is 3.41. The lowest BCUT2D eigenvalue weighted by molar-refractivity contribution is 0.101. The quantitative estimate of drug-likeness (QED) is 0.636. The lowest BCUT2D eigenvalue weighted by Crippen LogP contribution is -2.26. The summed E-state index contributed by atoms with van der Waals surface area (Å²) >= 11 is 0. The van der Waals surface area contributed by atoms with Gasteiger partial charge in [-0.05, 0) is 54.3 Å². The molecule has 1 aliphatic heterocycles. The Hall–Kier alpha value is -3.21. The molecule has 1 amide bonds. The highest BCUT2D eigenvalue weighted by Crippen LogP contribution is 2.47. The first kappa shape index (κ1) is 16.9. The maximum Gasteiger partial charge on any atom is 0.264 e. The number of amides is 1. The molecule has 5 heteroatoms. The van der Waals surface area contributed by atoms with Crippen molar-refractivity contribution < 1.29 is 13.9 Å². The van der Waals surface area contributed by atoms with Gasteiger partial charge in [0.05, 0.1) is 29.6 Å². The lowest BCUT2D eigenvalue weighted by atomic mass is 9.79. The van der Waals surface area contributed by atoms with Gasteiger partial charge in [-0.1, -0.05) is 19.9 Å². The van der Waals surface area contributed by atoms with Crippen LogP contribution < -0.4 is 9.64 Å². The minimum Gasteiger partial charge on any atom is -0.497 e. The van der Waals surface area contributed by atoms with E-state index in [9.17, 15) is 9.18 Å². The summed E-state index contributed by atoms with van der Waals surface area (Å²) < 4.78 is 19.2. The zero-order chi connectivity index (χ0) is 19.6. The van der Waals surface area contributed by atoms with Gasteiger partial charge in [0.15, 0.2) is 0 Å². The third-order valence-corrected chi connectivity index (χ3v) is 5.42. The molecule has 0 bridgehead atoms. The Bertz CT molecular complexity index is 1180. The Labute approximate surface area is 162 Å². The third kappa shape index (κ3) is 2.35. The van der Waals surface area contributed by atoms with Gasteiger partial charge in [0.25, 0.3) is 5.91 Å². The normalized spacial score (nSPS) is 16.9. The number of carbonyl (C=O) groups is 1. The molecule has 2 aromatic carbocycles. The van der Waals surface area contributed by atoms with Crippen LogP contribution in [-0.4, -0.2) is 18.0 Å². The van der Waals surface area contributed by atoms with E-state index in [0.717, 1.165) is 34.8 Å². The summed E-state index contributed by atoms with van der Waals surface area (Å²) in [6.07, 6.45) is 2.86. The van der Waals surface area contributed by atoms with Crippen LogP contribution in [0, 0.1) is 11.2 Å². The second-order valence-electron chi connectivity index (χ2n) is 8.00. The molecule has 3 aromatic rings. The molecule has 2 heterocycles. The molecule has 0 saturated heterocycles. The second-order valence-corrected chi connectivity index (χ2v) is 8.00. The fourth-order valence-corrected chi connectivity index (χ4v) is 4.22. The van der Waals surface area contributed by atoms with Crippen LogP contribution in [0.5, 0.6) is 5.75 Å². The van der Waals surface area contributed by atoms with Crippen LogP contribution in [0.25, 0.3) is 16.6 Å². The van der Waals surface area contributed by atoms with Crippen LogP contribution in [0.15, 0.2) is 48.5 Å². The van der Waals surface area contributed by atoms with Crippen LogP contribution in [0.2, 0.25) is 0 Å². The van der Waals surface area contributed by atoms with Crippen LogP contribution in [-0.2, 0) is 6.42 Å². The van der Waals surface area contributed by atoms with Crippen molar-refractivity contribution in [2.24, 2.45) is 5.41 Å². The van der Waals surface area contributed by atoms with Gasteiger partial charge in [0, 0.05) is 16.6 Å². The van der Waals surface area contributed by atoms with E-state index < -0.39 is 0 Å². The van der Waals surface area contributed by atoms with Gasteiger partial charge in [-0.3, -0.25) is 14.7 Å². The molecule has 0 unspecified atom stereocenters. The van der Waals surface area contributed by atoms with Crippen molar-refractivity contribution in [1.82, 2.24) is 4.98 Å². The van der Waals surface area contributed by atoms with Gasteiger partial charge >= 0.3 is 0 Å². The molecular formula is C23H19FN2O2. The number of hydrogen-bond donors (Lipinski definition) is 0. The van der Waals surface area contributed by atoms with E-state index in [1.54, 1.807) is 18.1 Å². The molecule has 0 saturated carbocycles. The predicted molar refractivity (Wildman–Crippen MR) is 107 cm³/mol. The number of ether oxygens (including phenoxy) is 1. The molecule has 1 aromatic heterocycles. The minimum absolute atomic E-state index is 0.143. The molecule has 5 rings (SSSR count). The molecule has 0 atom stereocenters. The van der Waals surface area contributed by atoms with E-state index in [2.05, 4.69) is 19.9 Å². The highest BCUT2D eigenvalue weighted by Gasteiger charge is 2.42. The first-order valence-corrected chi connectivity index (χ1v) is 9.22. The average Bonchev–Trinajstić information content (AvgIpc) is 2.94. The number of pyridine rings is 1. The van der Waals surface area contributed by atoms with Gasteiger partial charge in [-0.25, -0.2) is 4.39 Å². The molecule has 0 fully saturated rings. The predicted octanol–water partition coefficient (Wildman–Crippen LogP) is 4.97. The molecule has 0 N–H and O–H groups in total. The summed E-state index contributed by atoms with van der Waals surface area (Å²) in [5.41, 5.74) is 4.35. The van der Waals surface area contributed by atoms with E-state index >= 15 is 0 Å². The summed E-state index contributed by atoms with van der Waals surface area (Å²) in [6.45, 7) is 4.27. The second kappa shape index (κ2) is 5.64. The van der Waals surface area contributed by atoms with Crippen molar-refractivity contribution in [3.8, 4) is 5.75 Å². The molecule has 140 valence electrons. The van der Waals surface area contributed by atoms with Gasteiger partial charge in [0.1, 0.15) is 11.6 Å². The number of anilines is 1. The van der Waals surface area contributed by atoms with Crippen molar-refractivity contribution in [3.63, 3.8) is 0 Å². The van der Waals surface area contributed by atoms with Crippen molar-refractivity contribution in [2.75, 3.05) is 12.0 Å². The number of hydrogen-bond acceptors (Lipinski definition) is 3. The summed E-state index contributed by atoms with van der Waals surface area (Å²) in [5, 5.41) is 0.561. The minimum atomic E-state index is -0.372. The molecule has 28 heavy (non-hydrogen) atoms. The summed E-state index contributed by atoms with van der Waals surface area (Å²) in [6, 6.07) is 11.8. The topological polar surface area (TPSA) is 42.4 Å². The van der Waals surface area contributed by atoms with Crippen LogP contribution in [0.4, 0.5) is 10.1 Å². The molecular weight excluding hydrogens is 355 g/mol. The highest BCUT2D eigenvalue weighted by molar-refractivity contribution is 6.27. The molecule has 2 aliphatic rings. The average molecular weight is 374 g/mol. The number of aromatic nitrogens is 1. The molecule has 4 nitrogen and oxygen atoms in total. The number of benzene rings is 2. The van der Waals surface area contributed by atoms with Crippen LogP contribution in [0.3, 0.4) is 0 Å². The van der Waals surface area contributed by atoms with E-state index in [1.165, 1.54) is 12.1 Å². The van der Waals surface area contributed by atoms with E-state index in [0.29, 0.717) is 16.5 Å². The first-order valence-electron chi connectivity index (χ1n) is 9.22. The summed E-state index contributed by atoms with van der Waals surface area (Å²) in [5.74, 6) is 0.201. The van der Waals surface area contributed by atoms with Crippen molar-refractivity contribution in [1.29, 1.82) is 0 Å². The Morgan fingerprint density at radius 3 is 2.57 bits per heavy atom. The highest BCUT2D eigenvalue weighted by atomic mass is 19.1. The van der Waals surface area contributed by atoms with Crippen molar-refractivity contribution in [3.05, 3.63) is 71.2 Å². The number of carbonyl (C=O) groups excluding carboxylic acids is 1. The largest absolute Gasteiger partial charge is 0.497 e. The zero-order valence-corrected chi connectivity index (χ0v) is 15.9. The van der Waals surface area contributed by atoms with Gasteiger partial charge in [0.2, 0.25) is 0 Å². The number of rotatable bonds is 2. The lowest BCUT2D eigenvalue weighted by Gasteiger charge is -2.30. The number of fused-ring (bicyclic) bond motifs is 2. The number of allylic oxidation sites excluding steroid dienone is 1. The monoisotopic (exact) mass is 374 g/mol. The van der Waals surface area contributed by atoms with E-state index in [4.69, 9.17) is 9.72 Å². The van der Waals surface area contributed by atoms with Crippen molar-refractivity contribution >= 4 is 28.2 Å². The van der Waals surface area contributed by atoms with Gasteiger partial charge in [-0.2, -0.15) is 0 Å². The number of halogens is 1. The van der Waals surface area contributed by atoms with Crippen LogP contribution in [0.1, 0.15) is 35.5 Å². The third-order valence-electron chi connectivity index (χ3n) is 5.42. The van der Waals surface area contributed by atoms with Crippen LogP contribution >= 0.6 is 0 Å². The van der Waals surface area contributed by atoms with Gasteiger partial charge < -0.3 is 4.74 Å². The van der Waals surface area contributed by atoms with E-state index in [-0.39, 0.29) is 17.1 Å². The maximum absolute atomic E-state index is 14.0. The van der Waals surface area contributed by atoms with Gasteiger partial charge in [-0.15, -0.1) is 0 Å². The molecule has 1 aliphatic carbocycles. The fourth-order valence-electron chi connectivity index (χ4n) is 4.22. The number of methoxy groups -OCH3 is 1.